The highest BCUT2D eigenvalue weighted by Crippen LogP contribution is 2.17. The van der Waals surface area contributed by atoms with Crippen LogP contribution in [0.1, 0.15) is 341 Å². The van der Waals surface area contributed by atoms with Crippen LogP contribution in [0.25, 0.3) is 0 Å². The van der Waals surface area contributed by atoms with Crippen molar-refractivity contribution in [1.82, 2.24) is 5.32 Å². The SMILES string of the molecule is CCCCCCCCCC/C=C/C(O)C(CO)NC(=O)CCCCCCCCCCC/C=C\C/C=C\CCCCCCCCCCCOC(=O)CCCCCCCCCCCCCCCCCCCCC. The van der Waals surface area contributed by atoms with E-state index in [0.717, 1.165) is 44.9 Å². The monoisotopic (exact) mass is 998 g/mol. The van der Waals surface area contributed by atoms with Crippen molar-refractivity contribution in [3.05, 3.63) is 36.5 Å². The van der Waals surface area contributed by atoms with E-state index < -0.39 is 12.1 Å². The summed E-state index contributed by atoms with van der Waals surface area (Å²) in [6.07, 6.45) is 76.3. The standard InChI is InChI=1S/C65H123NO5/c1-3-5-7-9-11-13-15-16-17-18-26-30-33-36-39-43-47-51-55-59-65(70)71-60-56-52-48-44-40-37-34-31-28-25-23-21-19-20-22-24-27-29-32-35-38-42-46-50-54-58-64(69)66-62(61-67)63(68)57-53-49-45-41-14-12-10-8-6-4-2/h20-23,53,57,62-63,67-68H,3-19,24-52,54-56,58-61H2,1-2H3,(H,66,69)/b22-20-,23-21-,57-53+. The van der Waals surface area contributed by atoms with E-state index in [1.807, 2.05) is 6.08 Å². The van der Waals surface area contributed by atoms with Gasteiger partial charge in [0, 0.05) is 12.8 Å². The number of carbonyl (C=O) groups is 2. The highest BCUT2D eigenvalue weighted by molar-refractivity contribution is 5.76. The van der Waals surface area contributed by atoms with Gasteiger partial charge in [-0.15, -0.1) is 0 Å². The van der Waals surface area contributed by atoms with Crippen LogP contribution in [-0.2, 0) is 14.3 Å². The van der Waals surface area contributed by atoms with Gasteiger partial charge < -0.3 is 20.3 Å². The third kappa shape index (κ3) is 57.2. The fraction of sp³-hybridized carbons (Fsp3) is 0.877. The van der Waals surface area contributed by atoms with E-state index in [1.165, 1.54) is 270 Å². The van der Waals surface area contributed by atoms with E-state index in [1.54, 1.807) is 6.08 Å². The van der Waals surface area contributed by atoms with Gasteiger partial charge in [0.1, 0.15) is 0 Å². The first kappa shape index (κ1) is 69.1. The summed E-state index contributed by atoms with van der Waals surface area (Å²) in [6, 6.07) is -0.631. The molecule has 0 aliphatic carbocycles. The molecule has 0 aromatic heterocycles. The van der Waals surface area contributed by atoms with Crippen LogP contribution < -0.4 is 5.32 Å². The van der Waals surface area contributed by atoms with Gasteiger partial charge in [0.05, 0.1) is 25.4 Å². The molecule has 6 heteroatoms. The highest BCUT2D eigenvalue weighted by Gasteiger charge is 2.18. The Morgan fingerprint density at radius 2 is 0.704 bits per heavy atom. The van der Waals surface area contributed by atoms with Crippen molar-refractivity contribution in [3.8, 4) is 0 Å². The number of esters is 1. The molecule has 0 aromatic carbocycles. The number of unbranched alkanes of at least 4 members (excludes halogenated alkanes) is 44. The van der Waals surface area contributed by atoms with Gasteiger partial charge in [0.25, 0.3) is 0 Å². The molecular formula is C65H123NO5. The summed E-state index contributed by atoms with van der Waals surface area (Å²) >= 11 is 0. The molecule has 1 amide bonds. The van der Waals surface area contributed by atoms with Crippen LogP contribution in [0.15, 0.2) is 36.5 Å². The minimum absolute atomic E-state index is 0.0133. The third-order valence-electron chi connectivity index (χ3n) is 14.7. The number of nitrogens with one attached hydrogen (secondary N) is 1. The van der Waals surface area contributed by atoms with E-state index >= 15 is 0 Å². The van der Waals surface area contributed by atoms with Crippen LogP contribution in [0.3, 0.4) is 0 Å². The van der Waals surface area contributed by atoms with Crippen LogP contribution in [0.2, 0.25) is 0 Å². The maximum Gasteiger partial charge on any atom is 0.305 e. The molecule has 0 aromatic rings. The van der Waals surface area contributed by atoms with Gasteiger partial charge in [-0.25, -0.2) is 0 Å². The van der Waals surface area contributed by atoms with Gasteiger partial charge in [-0.2, -0.15) is 0 Å². The average Bonchev–Trinajstić information content (AvgIpc) is 3.37. The summed E-state index contributed by atoms with van der Waals surface area (Å²) in [5, 5.41) is 23.0. The Hall–Kier alpha value is -1.92. The summed E-state index contributed by atoms with van der Waals surface area (Å²) in [5.74, 6) is -0.0624. The minimum atomic E-state index is -0.847. The zero-order valence-corrected chi connectivity index (χ0v) is 47.7. The Balaban J connectivity index is 3.40. The topological polar surface area (TPSA) is 95.9 Å². The summed E-state index contributed by atoms with van der Waals surface area (Å²) < 4.78 is 5.50. The number of allylic oxidation sites excluding steroid dienone is 5. The van der Waals surface area contributed by atoms with Crippen LogP contribution >= 0.6 is 0 Å². The van der Waals surface area contributed by atoms with Gasteiger partial charge in [-0.3, -0.25) is 9.59 Å². The van der Waals surface area contributed by atoms with E-state index in [2.05, 4.69) is 43.5 Å². The van der Waals surface area contributed by atoms with E-state index in [9.17, 15) is 19.8 Å². The normalized spacial score (nSPS) is 12.8. The largest absolute Gasteiger partial charge is 0.466 e. The highest BCUT2D eigenvalue weighted by atomic mass is 16.5. The molecule has 0 fully saturated rings. The van der Waals surface area contributed by atoms with Crippen LogP contribution in [0.5, 0.6) is 0 Å². The van der Waals surface area contributed by atoms with Gasteiger partial charge >= 0.3 is 5.97 Å². The molecule has 71 heavy (non-hydrogen) atoms. The fourth-order valence-corrected chi connectivity index (χ4v) is 9.78. The van der Waals surface area contributed by atoms with Gasteiger partial charge in [0.15, 0.2) is 0 Å². The lowest BCUT2D eigenvalue weighted by atomic mass is 10.0. The van der Waals surface area contributed by atoms with Crippen molar-refractivity contribution >= 4 is 11.9 Å². The van der Waals surface area contributed by atoms with Crippen molar-refractivity contribution in [1.29, 1.82) is 0 Å². The second kappa shape index (κ2) is 60.6. The number of amides is 1. The van der Waals surface area contributed by atoms with E-state index in [4.69, 9.17) is 4.74 Å². The third-order valence-corrected chi connectivity index (χ3v) is 14.7. The molecule has 6 nitrogen and oxygen atoms in total. The zero-order valence-electron chi connectivity index (χ0n) is 47.7. The van der Waals surface area contributed by atoms with Crippen molar-refractivity contribution in [2.45, 2.75) is 353 Å². The summed E-state index contributed by atoms with van der Waals surface area (Å²) in [5.41, 5.74) is 0. The first-order chi connectivity index (χ1) is 35.0. The Morgan fingerprint density at radius 3 is 1.07 bits per heavy atom. The quantitative estimate of drug-likeness (QED) is 0.0321. The summed E-state index contributed by atoms with van der Waals surface area (Å²) in [6.45, 7) is 4.90. The average molecular weight is 999 g/mol. The molecule has 0 aliphatic rings. The lowest BCUT2D eigenvalue weighted by molar-refractivity contribution is -0.143. The van der Waals surface area contributed by atoms with Crippen LogP contribution in [0, 0.1) is 0 Å². The molecule has 0 saturated heterocycles. The number of ether oxygens (including phenoxy) is 1. The molecule has 0 radical (unpaired) electrons. The van der Waals surface area contributed by atoms with Crippen LogP contribution in [0.4, 0.5) is 0 Å². The molecule has 0 rings (SSSR count). The molecule has 418 valence electrons. The summed E-state index contributed by atoms with van der Waals surface area (Å²) in [7, 11) is 0. The lowest BCUT2D eigenvalue weighted by Crippen LogP contribution is -2.45. The van der Waals surface area contributed by atoms with Gasteiger partial charge in [0.2, 0.25) is 5.91 Å². The van der Waals surface area contributed by atoms with Gasteiger partial charge in [-0.1, -0.05) is 301 Å². The molecule has 0 spiro atoms. The molecule has 0 bridgehead atoms. The smallest absolute Gasteiger partial charge is 0.305 e. The number of hydrogen-bond donors (Lipinski definition) is 3. The lowest BCUT2D eigenvalue weighted by Gasteiger charge is -2.20. The first-order valence-electron chi connectivity index (χ1n) is 31.8. The van der Waals surface area contributed by atoms with Crippen molar-refractivity contribution in [2.75, 3.05) is 13.2 Å². The fourth-order valence-electron chi connectivity index (χ4n) is 9.78. The number of rotatable bonds is 59. The predicted octanol–water partition coefficient (Wildman–Crippen LogP) is 20.0. The second-order valence-corrected chi connectivity index (χ2v) is 21.7. The molecule has 0 aliphatic heterocycles. The molecule has 0 saturated carbocycles. The molecule has 3 N–H and O–H groups in total. The van der Waals surface area contributed by atoms with Gasteiger partial charge in [-0.05, 0) is 64.2 Å². The van der Waals surface area contributed by atoms with Crippen molar-refractivity contribution in [3.63, 3.8) is 0 Å². The van der Waals surface area contributed by atoms with Crippen molar-refractivity contribution in [2.24, 2.45) is 0 Å². The molecule has 0 heterocycles. The van der Waals surface area contributed by atoms with Crippen LogP contribution in [-0.4, -0.2) is 47.4 Å². The molecule has 2 unspecified atom stereocenters. The first-order valence-corrected chi connectivity index (χ1v) is 31.8. The molecular weight excluding hydrogens is 875 g/mol. The maximum atomic E-state index is 12.4. The molecule has 2 atom stereocenters. The van der Waals surface area contributed by atoms with E-state index in [-0.39, 0.29) is 18.5 Å². The van der Waals surface area contributed by atoms with E-state index in [0.29, 0.717) is 19.4 Å². The predicted molar refractivity (Wildman–Crippen MR) is 310 cm³/mol. The Morgan fingerprint density at radius 1 is 0.394 bits per heavy atom. The number of aliphatic hydroxyl groups excluding tert-OH is 2. The number of carbonyl (C=O) groups excluding carboxylic acids is 2. The minimum Gasteiger partial charge on any atom is -0.466 e. The zero-order chi connectivity index (χ0) is 51.4. The Kier molecular flexibility index (Phi) is 59.0. The second-order valence-electron chi connectivity index (χ2n) is 21.7. The Bertz CT molecular complexity index is 1150. The maximum absolute atomic E-state index is 12.4. The summed E-state index contributed by atoms with van der Waals surface area (Å²) in [4.78, 5) is 24.5. The number of hydrogen-bond acceptors (Lipinski definition) is 5. The Labute approximate surface area is 443 Å². The van der Waals surface area contributed by atoms with Crippen molar-refractivity contribution < 1.29 is 24.5 Å². The number of aliphatic hydroxyl groups is 2.